The van der Waals surface area contributed by atoms with Crippen LogP contribution in [0.4, 0.5) is 26.3 Å². The van der Waals surface area contributed by atoms with Crippen LogP contribution >= 0.6 is 0 Å². The summed E-state index contributed by atoms with van der Waals surface area (Å²) in [5.74, 6) is -12.6. The number of hydrogen-bond donors (Lipinski definition) is 0. The Bertz CT molecular complexity index is 2070. The van der Waals surface area contributed by atoms with Crippen LogP contribution in [-0.2, 0) is 14.1 Å². The quantitative estimate of drug-likeness (QED) is 0.173. The standard InChI is InChI=1S/C24H6F6N8/c1-31-21(32-2)23-35-17-7-8-10(12(26)11(25)9(7)13(27)15(29)19(17)37(23)5)14(28)16(30)20-18(8)36-24(38(20)6)22(33-3)34-4/h5-6H3. The van der Waals surface area contributed by atoms with Crippen LogP contribution in [0.1, 0.15) is 0 Å². The van der Waals surface area contributed by atoms with E-state index in [0.717, 1.165) is 23.2 Å². The summed E-state index contributed by atoms with van der Waals surface area (Å²) in [6.07, 6.45) is 0. The van der Waals surface area contributed by atoms with Gasteiger partial charge in [-0.25, -0.2) is 36.3 Å². The van der Waals surface area contributed by atoms with E-state index in [2.05, 4.69) is 29.3 Å². The lowest BCUT2D eigenvalue weighted by Gasteiger charge is -2.13. The Morgan fingerprint density at radius 3 is 1.11 bits per heavy atom. The Labute approximate surface area is 206 Å². The molecule has 0 N–H and O–H groups in total. The minimum atomic E-state index is -2.04. The number of nitrogens with zero attached hydrogens (tertiary/aromatic N) is 8. The Morgan fingerprint density at radius 1 is 0.526 bits per heavy atom. The smallest absolute Gasteiger partial charge is 0.327 e. The number of aryl methyl sites for hydroxylation is 2. The topological polar surface area (TPSA) is 53.1 Å². The Balaban J connectivity index is 2.33. The van der Waals surface area contributed by atoms with Crippen LogP contribution < -0.4 is 11.0 Å². The minimum absolute atomic E-state index is 0.453. The molecule has 0 amide bonds. The highest BCUT2D eigenvalue weighted by Gasteiger charge is 2.32. The molecule has 0 spiro atoms. The predicted octanol–water partition coefficient (Wildman–Crippen LogP) is 4.41. The van der Waals surface area contributed by atoms with Crippen molar-refractivity contribution < 1.29 is 26.3 Å². The molecule has 0 aliphatic rings. The summed E-state index contributed by atoms with van der Waals surface area (Å²) in [6.45, 7) is 28.7. The van der Waals surface area contributed by atoms with Gasteiger partial charge in [-0.2, -0.15) is 19.4 Å². The number of imidazole rings is 2. The van der Waals surface area contributed by atoms with Crippen molar-refractivity contribution in [1.29, 1.82) is 0 Å². The average Bonchev–Trinajstić information content (AvgIpc) is 3.42. The fraction of sp³-hybridized carbons (Fsp3) is 0.0833. The maximum Gasteiger partial charge on any atom is 0.562 e. The summed E-state index contributed by atoms with van der Waals surface area (Å²) >= 11 is 0. The third-order valence-electron chi connectivity index (χ3n) is 6.11. The van der Waals surface area contributed by atoms with E-state index in [9.17, 15) is 0 Å². The van der Waals surface area contributed by atoms with Gasteiger partial charge in [0.2, 0.25) is 11.0 Å². The van der Waals surface area contributed by atoms with Gasteiger partial charge in [0.25, 0.3) is 0 Å². The second-order valence-electron chi connectivity index (χ2n) is 7.86. The van der Waals surface area contributed by atoms with Gasteiger partial charge in [-0.1, -0.05) is 0 Å². The second kappa shape index (κ2) is 7.95. The Kier molecular flexibility index (Phi) is 5.05. The summed E-state index contributed by atoms with van der Waals surface area (Å²) in [6, 6.07) is 0. The van der Waals surface area contributed by atoms with Gasteiger partial charge in [-0.3, -0.25) is 0 Å². The van der Waals surface area contributed by atoms with Gasteiger partial charge < -0.3 is 9.13 Å². The van der Waals surface area contributed by atoms with Crippen LogP contribution in [-0.4, -0.2) is 19.1 Å². The molecule has 0 fully saturated rings. The van der Waals surface area contributed by atoms with Crippen LogP contribution in [0.5, 0.6) is 0 Å². The maximum absolute atomic E-state index is 15.3. The zero-order chi connectivity index (χ0) is 27.8. The molecule has 3 aromatic carbocycles. The highest BCUT2D eigenvalue weighted by molar-refractivity contribution is 6.26. The zero-order valence-corrected chi connectivity index (χ0v) is 18.8. The molecule has 0 radical (unpaired) electrons. The lowest BCUT2D eigenvalue weighted by atomic mass is 9.97. The Morgan fingerprint density at radius 2 is 0.816 bits per heavy atom. The number of fused-ring (bicyclic) bond motifs is 7. The predicted molar refractivity (Wildman–Crippen MR) is 122 cm³/mol. The first-order valence-electron chi connectivity index (χ1n) is 10.1. The SMILES string of the molecule is [C-]#[N+]C([N+]#[C-])=c1nc2c3c(c(F)c(F)c4c(F)c(F)c5c(nc(=C([N+]#[C-])[N+]#[C-])n5C)c43)c(F)c(F)c2n1C. The van der Waals surface area contributed by atoms with E-state index in [1.807, 2.05) is 0 Å². The van der Waals surface area contributed by atoms with Crippen molar-refractivity contribution in [1.82, 2.24) is 19.1 Å². The number of hydrogen-bond acceptors (Lipinski definition) is 2. The van der Waals surface area contributed by atoms with Crippen molar-refractivity contribution >= 4 is 55.3 Å². The lowest BCUT2D eigenvalue weighted by molar-refractivity contribution is 0.491. The molecule has 8 nitrogen and oxygen atoms in total. The number of rotatable bonds is 0. The third-order valence-corrected chi connectivity index (χ3v) is 6.11. The van der Waals surface area contributed by atoms with Gasteiger partial charge >= 0.3 is 11.6 Å². The molecule has 0 atom stereocenters. The van der Waals surface area contributed by atoms with Crippen molar-refractivity contribution in [2.45, 2.75) is 0 Å². The van der Waals surface area contributed by atoms with E-state index >= 15 is 26.3 Å². The van der Waals surface area contributed by atoms with Gasteiger partial charge in [-0.15, -0.1) is 0 Å². The highest BCUT2D eigenvalue weighted by atomic mass is 19.2. The van der Waals surface area contributed by atoms with E-state index in [4.69, 9.17) is 26.3 Å². The fourth-order valence-electron chi connectivity index (χ4n) is 4.50. The van der Waals surface area contributed by atoms with E-state index in [1.165, 1.54) is 0 Å². The molecule has 0 saturated heterocycles. The molecule has 0 bridgehead atoms. The third kappa shape index (κ3) is 2.71. The first-order valence-corrected chi connectivity index (χ1v) is 10.1. The fourth-order valence-corrected chi connectivity index (χ4v) is 4.50. The largest absolute Gasteiger partial charge is 0.562 e. The van der Waals surface area contributed by atoms with Gasteiger partial charge in [-0.05, 0) is 0 Å². The monoisotopic (exact) mass is 520 g/mol. The van der Waals surface area contributed by atoms with Gasteiger partial charge in [0.05, 0.1) is 21.8 Å². The van der Waals surface area contributed by atoms with Gasteiger partial charge in [0.15, 0.2) is 34.9 Å². The summed E-state index contributed by atoms with van der Waals surface area (Å²) in [5.41, 5.74) is -3.44. The second-order valence-corrected chi connectivity index (χ2v) is 7.86. The maximum atomic E-state index is 15.3. The molecule has 38 heavy (non-hydrogen) atoms. The molecule has 184 valence electrons. The lowest BCUT2D eigenvalue weighted by Crippen LogP contribution is -2.17. The summed E-state index contributed by atoms with van der Waals surface area (Å²) < 4.78 is 93.2. The molecule has 0 aliphatic carbocycles. The molecule has 5 rings (SSSR count). The summed E-state index contributed by atoms with van der Waals surface area (Å²) in [4.78, 5) is 20.0. The summed E-state index contributed by atoms with van der Waals surface area (Å²) in [5, 5.41) is -4.03. The molecule has 0 aliphatic heterocycles. The molecule has 0 unspecified atom stereocenters. The molecule has 2 heterocycles. The van der Waals surface area contributed by atoms with Gasteiger partial charge in [0, 0.05) is 24.9 Å². The average molecular weight is 520 g/mol. The van der Waals surface area contributed by atoms with Crippen molar-refractivity contribution in [3.63, 3.8) is 0 Å². The van der Waals surface area contributed by atoms with Crippen molar-refractivity contribution in [2.75, 3.05) is 0 Å². The normalized spacial score (nSPS) is 11.1. The van der Waals surface area contributed by atoms with E-state index in [0.29, 0.717) is 0 Å². The van der Waals surface area contributed by atoms with Gasteiger partial charge in [0.1, 0.15) is 37.3 Å². The first-order chi connectivity index (χ1) is 18.0. The highest BCUT2D eigenvalue weighted by Crippen LogP contribution is 2.42. The minimum Gasteiger partial charge on any atom is -0.327 e. The van der Waals surface area contributed by atoms with E-state index in [1.54, 1.807) is 0 Å². The molecule has 2 aromatic heterocycles. The van der Waals surface area contributed by atoms with Crippen LogP contribution in [0, 0.1) is 61.2 Å². The Hall–Kier alpha value is -5.60. The van der Waals surface area contributed by atoms with E-state index < -0.39 is 101 Å². The van der Waals surface area contributed by atoms with Crippen LogP contribution in [0.15, 0.2) is 0 Å². The molecular formula is C24H6F6N8. The van der Waals surface area contributed by atoms with Crippen molar-refractivity contribution in [2.24, 2.45) is 14.1 Å². The van der Waals surface area contributed by atoms with Crippen molar-refractivity contribution in [3.8, 4) is 0 Å². The van der Waals surface area contributed by atoms with Crippen LogP contribution in [0.2, 0.25) is 0 Å². The van der Waals surface area contributed by atoms with Crippen LogP contribution in [0.3, 0.4) is 0 Å². The number of aromatic nitrogens is 4. The molecule has 5 aromatic rings. The van der Waals surface area contributed by atoms with E-state index in [-0.39, 0.29) is 0 Å². The van der Waals surface area contributed by atoms with Crippen molar-refractivity contribution in [3.05, 3.63) is 91.5 Å². The molecular weight excluding hydrogens is 514 g/mol. The molecule has 0 saturated carbocycles. The van der Waals surface area contributed by atoms with Crippen LogP contribution in [0.25, 0.3) is 74.6 Å². The zero-order valence-electron chi connectivity index (χ0n) is 18.8. The number of halogens is 6. The molecule has 14 heteroatoms. The number of benzene rings is 3. The summed E-state index contributed by atoms with van der Waals surface area (Å²) in [7, 11) is 2.28. The first kappa shape index (κ1) is 24.1.